The van der Waals surface area contributed by atoms with Gasteiger partial charge in [-0.25, -0.2) is 0 Å². The van der Waals surface area contributed by atoms with E-state index in [9.17, 15) is 9.59 Å². The molecule has 1 unspecified atom stereocenters. The van der Waals surface area contributed by atoms with Crippen LogP contribution in [0.15, 0.2) is 54.6 Å². The summed E-state index contributed by atoms with van der Waals surface area (Å²) in [6.07, 6.45) is 7.64. The van der Waals surface area contributed by atoms with Crippen molar-refractivity contribution in [2.24, 2.45) is 5.73 Å². The molecule has 0 aromatic heterocycles. The number of hydrogen-bond acceptors (Lipinski definition) is 4. The molecule has 0 spiro atoms. The summed E-state index contributed by atoms with van der Waals surface area (Å²) in [6.45, 7) is 0.592. The maximum Gasteiger partial charge on any atom is 0.255 e. The summed E-state index contributed by atoms with van der Waals surface area (Å²) in [7, 11) is 1.65. The lowest BCUT2D eigenvalue weighted by atomic mass is 10.0. The Labute approximate surface area is 177 Å². The molecular formula is C24H28N2O4. The largest absolute Gasteiger partial charge is 0.497 e. The maximum atomic E-state index is 13.0. The van der Waals surface area contributed by atoms with Gasteiger partial charge in [-0.05, 0) is 54.3 Å². The molecule has 1 saturated heterocycles. The molecule has 2 amide bonds. The van der Waals surface area contributed by atoms with Crippen LogP contribution in [0.25, 0.3) is 6.08 Å². The molecule has 1 heterocycles. The van der Waals surface area contributed by atoms with E-state index in [2.05, 4.69) is 0 Å². The summed E-state index contributed by atoms with van der Waals surface area (Å²) in [5.41, 5.74) is 7.09. The molecule has 0 bridgehead atoms. The molecule has 6 nitrogen and oxygen atoms in total. The third-order valence-electron chi connectivity index (χ3n) is 5.22. The highest BCUT2D eigenvalue weighted by atomic mass is 16.5. The van der Waals surface area contributed by atoms with Crippen molar-refractivity contribution in [3.63, 3.8) is 0 Å². The van der Waals surface area contributed by atoms with E-state index >= 15 is 0 Å². The van der Waals surface area contributed by atoms with Gasteiger partial charge in [-0.1, -0.05) is 37.1 Å². The molecule has 2 aromatic carbocycles. The van der Waals surface area contributed by atoms with Crippen LogP contribution < -0.4 is 15.2 Å². The fraction of sp³-hybridized carbons (Fsp3) is 0.333. The van der Waals surface area contributed by atoms with Gasteiger partial charge in [-0.2, -0.15) is 0 Å². The van der Waals surface area contributed by atoms with Crippen molar-refractivity contribution in [1.82, 2.24) is 4.90 Å². The van der Waals surface area contributed by atoms with E-state index in [4.69, 9.17) is 15.2 Å². The Morgan fingerprint density at radius 1 is 1.03 bits per heavy atom. The molecule has 1 atom stereocenters. The van der Waals surface area contributed by atoms with Crippen molar-refractivity contribution >= 4 is 17.9 Å². The molecule has 0 aliphatic carbocycles. The SMILES string of the molecule is COc1ccc(C2CCCCCN2C(=O)/C=C/c2ccc(OCC(N)=O)cc2)cc1. The molecule has 30 heavy (non-hydrogen) atoms. The minimum Gasteiger partial charge on any atom is -0.497 e. The zero-order valence-electron chi connectivity index (χ0n) is 17.3. The van der Waals surface area contributed by atoms with Crippen molar-refractivity contribution in [2.45, 2.75) is 31.7 Å². The molecule has 2 aromatic rings. The second-order valence-electron chi connectivity index (χ2n) is 7.33. The Balaban J connectivity index is 1.69. The lowest BCUT2D eigenvalue weighted by Crippen LogP contribution is -2.33. The molecule has 6 heteroatoms. The lowest BCUT2D eigenvalue weighted by Gasteiger charge is -2.29. The quantitative estimate of drug-likeness (QED) is 0.708. The monoisotopic (exact) mass is 408 g/mol. The predicted molar refractivity (Wildman–Crippen MR) is 116 cm³/mol. The van der Waals surface area contributed by atoms with Crippen LogP contribution in [0.1, 0.15) is 42.9 Å². The normalized spacial score (nSPS) is 16.8. The van der Waals surface area contributed by atoms with Gasteiger partial charge in [-0.3, -0.25) is 9.59 Å². The molecule has 1 aliphatic rings. The van der Waals surface area contributed by atoms with Crippen LogP contribution in [0.5, 0.6) is 11.5 Å². The Kier molecular flexibility index (Phi) is 7.49. The minimum absolute atomic E-state index is 0.00627. The summed E-state index contributed by atoms with van der Waals surface area (Å²) in [6, 6.07) is 15.2. The first kappa shape index (κ1) is 21.4. The first-order valence-electron chi connectivity index (χ1n) is 10.2. The average Bonchev–Trinajstić information content (AvgIpc) is 3.03. The van der Waals surface area contributed by atoms with Gasteiger partial charge in [0.15, 0.2) is 6.61 Å². The van der Waals surface area contributed by atoms with E-state index < -0.39 is 5.91 Å². The van der Waals surface area contributed by atoms with Crippen molar-refractivity contribution in [3.8, 4) is 11.5 Å². The predicted octanol–water partition coefficient (Wildman–Crippen LogP) is 3.72. The molecular weight excluding hydrogens is 380 g/mol. The molecule has 1 fully saturated rings. The molecule has 0 saturated carbocycles. The Morgan fingerprint density at radius 3 is 2.40 bits per heavy atom. The third-order valence-corrected chi connectivity index (χ3v) is 5.22. The van der Waals surface area contributed by atoms with Gasteiger partial charge in [0.25, 0.3) is 5.91 Å². The van der Waals surface area contributed by atoms with Crippen LogP contribution in [0.4, 0.5) is 0 Å². The molecule has 0 radical (unpaired) electrons. The fourth-order valence-electron chi connectivity index (χ4n) is 3.64. The Hall–Kier alpha value is -3.28. The zero-order chi connectivity index (χ0) is 21.3. The lowest BCUT2D eigenvalue weighted by molar-refractivity contribution is -0.128. The maximum absolute atomic E-state index is 13.0. The van der Waals surface area contributed by atoms with Gasteiger partial charge >= 0.3 is 0 Å². The number of rotatable bonds is 7. The summed E-state index contributed by atoms with van der Waals surface area (Å²) in [4.78, 5) is 25.8. The Morgan fingerprint density at radius 2 is 1.73 bits per heavy atom. The third kappa shape index (κ3) is 5.86. The van der Waals surface area contributed by atoms with Crippen LogP contribution in [-0.2, 0) is 9.59 Å². The van der Waals surface area contributed by atoms with E-state index in [0.717, 1.165) is 49.1 Å². The number of likely N-dealkylation sites (tertiary alicyclic amines) is 1. The van der Waals surface area contributed by atoms with E-state index in [-0.39, 0.29) is 18.6 Å². The highest BCUT2D eigenvalue weighted by Crippen LogP contribution is 2.31. The highest BCUT2D eigenvalue weighted by Gasteiger charge is 2.25. The first-order chi connectivity index (χ1) is 14.6. The second-order valence-corrected chi connectivity index (χ2v) is 7.33. The average molecular weight is 408 g/mol. The number of nitrogens with zero attached hydrogens (tertiary/aromatic N) is 1. The van der Waals surface area contributed by atoms with E-state index in [1.54, 1.807) is 31.4 Å². The number of primary amides is 1. The summed E-state index contributed by atoms with van der Waals surface area (Å²) >= 11 is 0. The van der Waals surface area contributed by atoms with Gasteiger partial charge in [0.05, 0.1) is 13.2 Å². The molecule has 2 N–H and O–H groups in total. The molecule has 1 aliphatic heterocycles. The number of carbonyl (C=O) groups is 2. The van der Waals surface area contributed by atoms with E-state index in [0.29, 0.717) is 5.75 Å². The van der Waals surface area contributed by atoms with Crippen molar-refractivity contribution in [3.05, 3.63) is 65.7 Å². The fourth-order valence-corrected chi connectivity index (χ4v) is 3.64. The number of carbonyl (C=O) groups excluding carboxylic acids is 2. The zero-order valence-corrected chi connectivity index (χ0v) is 17.3. The standard InChI is InChI=1S/C24H28N2O4/c1-29-20-13-9-19(10-14-20)22-5-3-2-4-16-26(22)24(28)15-8-18-6-11-21(12-7-18)30-17-23(25)27/h6-15,22H,2-5,16-17H2,1H3,(H2,25,27)/b15-8+. The van der Waals surface area contributed by atoms with Gasteiger partial charge in [0.1, 0.15) is 11.5 Å². The number of benzene rings is 2. The van der Waals surface area contributed by atoms with Crippen LogP contribution >= 0.6 is 0 Å². The topological polar surface area (TPSA) is 81.9 Å². The van der Waals surface area contributed by atoms with Gasteiger partial charge in [0, 0.05) is 12.6 Å². The van der Waals surface area contributed by atoms with Crippen molar-refractivity contribution in [1.29, 1.82) is 0 Å². The van der Waals surface area contributed by atoms with Crippen LogP contribution in [0, 0.1) is 0 Å². The summed E-state index contributed by atoms with van der Waals surface area (Å²) in [5, 5.41) is 0. The summed E-state index contributed by atoms with van der Waals surface area (Å²) < 4.78 is 10.5. The van der Waals surface area contributed by atoms with E-state index in [1.165, 1.54) is 0 Å². The first-order valence-corrected chi connectivity index (χ1v) is 10.2. The number of methoxy groups -OCH3 is 1. The van der Waals surface area contributed by atoms with Crippen LogP contribution in [-0.4, -0.2) is 37.0 Å². The van der Waals surface area contributed by atoms with E-state index in [1.807, 2.05) is 41.3 Å². The van der Waals surface area contributed by atoms with Gasteiger partial charge < -0.3 is 20.1 Å². The molecule has 158 valence electrons. The smallest absolute Gasteiger partial charge is 0.255 e. The van der Waals surface area contributed by atoms with Crippen molar-refractivity contribution in [2.75, 3.05) is 20.3 Å². The summed E-state index contributed by atoms with van der Waals surface area (Å²) in [5.74, 6) is 0.859. The van der Waals surface area contributed by atoms with Gasteiger partial charge in [0.2, 0.25) is 5.91 Å². The minimum atomic E-state index is -0.520. The number of amides is 2. The van der Waals surface area contributed by atoms with Crippen LogP contribution in [0.2, 0.25) is 0 Å². The van der Waals surface area contributed by atoms with Gasteiger partial charge in [-0.15, -0.1) is 0 Å². The number of hydrogen-bond donors (Lipinski definition) is 1. The number of ether oxygens (including phenoxy) is 2. The number of nitrogens with two attached hydrogens (primary N) is 1. The highest BCUT2D eigenvalue weighted by molar-refractivity contribution is 5.92. The van der Waals surface area contributed by atoms with Crippen LogP contribution in [0.3, 0.4) is 0 Å². The second kappa shape index (κ2) is 10.5. The Bertz CT molecular complexity index is 875. The van der Waals surface area contributed by atoms with Crippen molar-refractivity contribution < 1.29 is 19.1 Å². The molecule has 3 rings (SSSR count).